The van der Waals surface area contributed by atoms with E-state index in [1.54, 1.807) is 5.32 Å². The second-order valence-electron chi connectivity index (χ2n) is 1.92. The monoisotopic (exact) mass is 185 g/mol. The minimum absolute atomic E-state index is 0.555. The van der Waals surface area contributed by atoms with Gasteiger partial charge in [-0.15, -0.1) is 0 Å². The van der Waals surface area contributed by atoms with Crippen LogP contribution in [0.4, 0.5) is 13.6 Å². The smallest absolute Gasteiger partial charge is 0.405 e. The summed E-state index contributed by atoms with van der Waals surface area (Å²) < 4.78 is 26.6. The van der Waals surface area contributed by atoms with E-state index in [9.17, 15) is 13.6 Å². The predicted octanol–water partition coefficient (Wildman–Crippen LogP) is -0.146. The number of aliphatic hydroxyl groups is 1. The molecule has 0 radical (unpaired) electrons. The number of hydrogen-bond acceptors (Lipinski definition) is 3. The molecule has 5 nitrogen and oxygen atoms in total. The standard InChI is InChI=1S/C5H9F2NO4/c6-4(7)12-2-3(1-9)8-5(10)11/h3-4,8-9H,1-2H2,(H,10,11). The van der Waals surface area contributed by atoms with E-state index in [2.05, 4.69) is 4.74 Å². The molecule has 0 aromatic carbocycles. The Morgan fingerprint density at radius 2 is 2.17 bits per heavy atom. The predicted molar refractivity (Wildman–Crippen MR) is 34.0 cm³/mol. The molecule has 0 spiro atoms. The van der Waals surface area contributed by atoms with E-state index in [-0.39, 0.29) is 0 Å². The Morgan fingerprint density at radius 1 is 1.58 bits per heavy atom. The maximum atomic E-state index is 11.4. The minimum Gasteiger partial charge on any atom is -0.465 e. The average molecular weight is 185 g/mol. The molecule has 1 unspecified atom stereocenters. The molecule has 0 aliphatic rings. The van der Waals surface area contributed by atoms with Gasteiger partial charge < -0.3 is 20.3 Å². The van der Waals surface area contributed by atoms with E-state index in [1.165, 1.54) is 0 Å². The van der Waals surface area contributed by atoms with Crippen molar-refractivity contribution in [2.45, 2.75) is 12.7 Å². The largest absolute Gasteiger partial charge is 0.465 e. The van der Waals surface area contributed by atoms with Crippen LogP contribution in [-0.4, -0.2) is 42.2 Å². The first-order valence-corrected chi connectivity index (χ1v) is 3.06. The summed E-state index contributed by atoms with van der Waals surface area (Å²) in [7, 11) is 0. The molecular weight excluding hydrogens is 176 g/mol. The molecule has 0 aromatic rings. The maximum Gasteiger partial charge on any atom is 0.405 e. The van der Waals surface area contributed by atoms with Crippen LogP contribution in [0.25, 0.3) is 0 Å². The summed E-state index contributed by atoms with van der Waals surface area (Å²) in [6.07, 6.45) is -1.40. The van der Waals surface area contributed by atoms with Gasteiger partial charge in [0.2, 0.25) is 0 Å². The normalized spacial score (nSPS) is 13.0. The van der Waals surface area contributed by atoms with Crippen LogP contribution >= 0.6 is 0 Å². The molecule has 0 saturated heterocycles. The van der Waals surface area contributed by atoms with Gasteiger partial charge in [0, 0.05) is 0 Å². The molecule has 0 aliphatic carbocycles. The summed E-state index contributed by atoms with van der Waals surface area (Å²) in [4.78, 5) is 9.95. The van der Waals surface area contributed by atoms with Gasteiger partial charge in [0.25, 0.3) is 0 Å². The first-order valence-electron chi connectivity index (χ1n) is 3.06. The van der Waals surface area contributed by atoms with Gasteiger partial charge in [0.1, 0.15) is 0 Å². The number of hydrogen-bond donors (Lipinski definition) is 3. The van der Waals surface area contributed by atoms with Crippen molar-refractivity contribution in [3.8, 4) is 0 Å². The number of carboxylic acid groups (broad SMARTS) is 1. The molecule has 0 fully saturated rings. The highest BCUT2D eigenvalue weighted by atomic mass is 19.3. The van der Waals surface area contributed by atoms with Gasteiger partial charge >= 0.3 is 12.7 Å². The second-order valence-corrected chi connectivity index (χ2v) is 1.92. The van der Waals surface area contributed by atoms with Crippen LogP contribution < -0.4 is 5.32 Å². The zero-order valence-electron chi connectivity index (χ0n) is 6.04. The fourth-order valence-electron chi connectivity index (χ4n) is 0.504. The fourth-order valence-corrected chi connectivity index (χ4v) is 0.504. The van der Waals surface area contributed by atoms with Crippen molar-refractivity contribution in [1.82, 2.24) is 5.32 Å². The zero-order valence-corrected chi connectivity index (χ0v) is 6.04. The van der Waals surface area contributed by atoms with Crippen LogP contribution in [0, 0.1) is 0 Å². The van der Waals surface area contributed by atoms with Gasteiger partial charge in [-0.1, -0.05) is 0 Å². The summed E-state index contributed by atoms with van der Waals surface area (Å²) in [5, 5.41) is 18.3. The van der Waals surface area contributed by atoms with Crippen LogP contribution in [0.2, 0.25) is 0 Å². The van der Waals surface area contributed by atoms with E-state index in [4.69, 9.17) is 10.2 Å². The lowest BCUT2D eigenvalue weighted by molar-refractivity contribution is -0.135. The molecule has 0 rings (SSSR count). The number of alkyl halides is 2. The third kappa shape index (κ3) is 5.81. The molecule has 0 aromatic heterocycles. The fraction of sp³-hybridized carbons (Fsp3) is 0.800. The van der Waals surface area contributed by atoms with E-state index in [0.29, 0.717) is 0 Å². The molecule has 0 aliphatic heterocycles. The highest BCUT2D eigenvalue weighted by molar-refractivity contribution is 5.64. The molecule has 12 heavy (non-hydrogen) atoms. The number of halogens is 2. The van der Waals surface area contributed by atoms with Crippen molar-refractivity contribution in [3.05, 3.63) is 0 Å². The first-order chi connectivity index (χ1) is 5.56. The Kier molecular flexibility index (Phi) is 5.22. The number of rotatable bonds is 5. The quantitative estimate of drug-likeness (QED) is 0.556. The summed E-state index contributed by atoms with van der Waals surface area (Å²) in [5.41, 5.74) is 0. The molecule has 0 bridgehead atoms. The topological polar surface area (TPSA) is 78.8 Å². The molecule has 72 valence electrons. The van der Waals surface area contributed by atoms with Crippen LogP contribution in [0.15, 0.2) is 0 Å². The maximum absolute atomic E-state index is 11.4. The number of aliphatic hydroxyl groups excluding tert-OH is 1. The average Bonchev–Trinajstić information content (AvgIpc) is 1.97. The molecule has 7 heteroatoms. The summed E-state index contributed by atoms with van der Waals surface area (Å²) >= 11 is 0. The molecule has 0 saturated carbocycles. The van der Waals surface area contributed by atoms with Gasteiger partial charge in [-0.3, -0.25) is 0 Å². The molecule has 1 amide bonds. The molecule has 1 atom stereocenters. The number of amides is 1. The van der Waals surface area contributed by atoms with Crippen molar-refractivity contribution < 1.29 is 28.5 Å². The Balaban J connectivity index is 3.60. The van der Waals surface area contributed by atoms with Gasteiger partial charge in [-0.05, 0) is 0 Å². The Bertz CT molecular complexity index is 143. The lowest BCUT2D eigenvalue weighted by Crippen LogP contribution is -2.40. The van der Waals surface area contributed by atoms with E-state index < -0.39 is 32.0 Å². The highest BCUT2D eigenvalue weighted by Gasteiger charge is 2.12. The van der Waals surface area contributed by atoms with Gasteiger partial charge in [0.05, 0.1) is 19.3 Å². The Labute approximate surface area is 66.9 Å². The van der Waals surface area contributed by atoms with Gasteiger partial charge in [-0.2, -0.15) is 8.78 Å². The molecular formula is C5H9F2NO4. The third-order valence-corrected chi connectivity index (χ3v) is 0.971. The lowest BCUT2D eigenvalue weighted by Gasteiger charge is -2.13. The third-order valence-electron chi connectivity index (χ3n) is 0.971. The van der Waals surface area contributed by atoms with Crippen LogP contribution in [0.5, 0.6) is 0 Å². The van der Waals surface area contributed by atoms with Crippen molar-refractivity contribution in [2.24, 2.45) is 0 Å². The van der Waals surface area contributed by atoms with Crippen molar-refractivity contribution in [3.63, 3.8) is 0 Å². The lowest BCUT2D eigenvalue weighted by atomic mass is 10.3. The van der Waals surface area contributed by atoms with E-state index in [0.717, 1.165) is 0 Å². The van der Waals surface area contributed by atoms with Crippen molar-refractivity contribution in [1.29, 1.82) is 0 Å². The number of carbonyl (C=O) groups is 1. The van der Waals surface area contributed by atoms with Crippen molar-refractivity contribution in [2.75, 3.05) is 13.2 Å². The van der Waals surface area contributed by atoms with Gasteiger partial charge in [-0.25, -0.2) is 4.79 Å². The first kappa shape index (κ1) is 11.1. The zero-order chi connectivity index (χ0) is 9.56. The molecule has 3 N–H and O–H groups in total. The second kappa shape index (κ2) is 5.67. The van der Waals surface area contributed by atoms with Crippen molar-refractivity contribution >= 4 is 6.09 Å². The number of ether oxygens (including phenoxy) is 1. The number of nitrogens with one attached hydrogen (secondary N) is 1. The minimum atomic E-state index is -2.96. The van der Waals surface area contributed by atoms with E-state index >= 15 is 0 Å². The highest BCUT2D eigenvalue weighted by Crippen LogP contribution is 1.95. The van der Waals surface area contributed by atoms with Crippen LogP contribution in [0.1, 0.15) is 0 Å². The molecule has 0 heterocycles. The Hall–Kier alpha value is -0.950. The van der Waals surface area contributed by atoms with Gasteiger partial charge in [0.15, 0.2) is 0 Å². The van der Waals surface area contributed by atoms with E-state index in [1.807, 2.05) is 0 Å². The summed E-state index contributed by atoms with van der Waals surface area (Å²) in [6.45, 7) is -4.10. The summed E-state index contributed by atoms with van der Waals surface area (Å²) in [6, 6.07) is -1.02. The Morgan fingerprint density at radius 3 is 2.50 bits per heavy atom. The summed E-state index contributed by atoms with van der Waals surface area (Å²) in [5.74, 6) is 0. The van der Waals surface area contributed by atoms with Crippen LogP contribution in [-0.2, 0) is 4.74 Å². The van der Waals surface area contributed by atoms with Crippen LogP contribution in [0.3, 0.4) is 0 Å². The SMILES string of the molecule is O=C(O)NC(CO)COC(F)F.